The molecule has 0 spiro atoms. The van der Waals surface area contributed by atoms with Gasteiger partial charge in [-0.2, -0.15) is 0 Å². The lowest BCUT2D eigenvalue weighted by atomic mass is 9.96. The number of allylic oxidation sites excluding steroid dienone is 1. The summed E-state index contributed by atoms with van der Waals surface area (Å²) in [5.41, 5.74) is 2.97. The zero-order valence-corrected chi connectivity index (χ0v) is 12.9. The Morgan fingerprint density at radius 2 is 1.86 bits per heavy atom. The van der Waals surface area contributed by atoms with Crippen LogP contribution in [0.1, 0.15) is 25.3 Å². The summed E-state index contributed by atoms with van der Waals surface area (Å²) in [6, 6.07) is 6.89. The van der Waals surface area contributed by atoms with Crippen LogP contribution >= 0.6 is 0 Å². The predicted molar refractivity (Wildman–Crippen MR) is 88.4 cm³/mol. The summed E-state index contributed by atoms with van der Waals surface area (Å²) >= 11 is 0. The predicted octanol–water partition coefficient (Wildman–Crippen LogP) is 2.40. The topological polar surface area (TPSA) is 80.9 Å². The van der Waals surface area contributed by atoms with E-state index in [0.717, 1.165) is 11.1 Å². The number of hydrogen-bond acceptors (Lipinski definition) is 4. The summed E-state index contributed by atoms with van der Waals surface area (Å²) < 4.78 is 0. The van der Waals surface area contributed by atoms with Crippen molar-refractivity contribution in [2.24, 2.45) is 0 Å². The van der Waals surface area contributed by atoms with Crippen molar-refractivity contribution in [3.8, 4) is 5.75 Å². The van der Waals surface area contributed by atoms with Gasteiger partial charge in [-0.3, -0.25) is 0 Å². The van der Waals surface area contributed by atoms with Gasteiger partial charge in [-0.05, 0) is 48.6 Å². The Hall–Kier alpha value is -1.88. The van der Waals surface area contributed by atoms with Crippen molar-refractivity contribution in [3.63, 3.8) is 0 Å². The van der Waals surface area contributed by atoms with E-state index in [1.807, 2.05) is 25.1 Å². The molecule has 4 nitrogen and oxygen atoms in total. The second-order valence-corrected chi connectivity index (χ2v) is 5.24. The molecule has 0 aliphatic heterocycles. The lowest BCUT2D eigenvalue weighted by Gasteiger charge is -2.16. The average Bonchev–Trinajstić information content (AvgIpc) is 2.51. The first-order valence-corrected chi connectivity index (χ1v) is 7.22. The monoisotopic (exact) mass is 304 g/mol. The summed E-state index contributed by atoms with van der Waals surface area (Å²) in [6.07, 6.45) is 3.84. The molecule has 1 rings (SSSR count). The van der Waals surface area contributed by atoms with Crippen LogP contribution in [0.3, 0.4) is 0 Å². The third-order valence-electron chi connectivity index (χ3n) is 3.39. The highest BCUT2D eigenvalue weighted by Gasteiger charge is 2.13. The van der Waals surface area contributed by atoms with Gasteiger partial charge in [0.25, 0.3) is 0 Å². The first-order valence-electron chi connectivity index (χ1n) is 7.22. The molecule has 0 fully saturated rings. The van der Waals surface area contributed by atoms with Crippen LogP contribution < -0.4 is 0 Å². The largest absolute Gasteiger partial charge is 0.508 e. The van der Waals surface area contributed by atoms with E-state index in [1.165, 1.54) is 6.08 Å². The third kappa shape index (κ3) is 5.85. The average molecular weight is 304 g/mol. The fourth-order valence-electron chi connectivity index (χ4n) is 2.15. The Morgan fingerprint density at radius 1 is 1.23 bits per heavy atom. The van der Waals surface area contributed by atoms with Crippen LogP contribution in [0.4, 0.5) is 0 Å². The molecule has 4 N–H and O–H groups in total. The Bertz CT molecular complexity index is 541. The van der Waals surface area contributed by atoms with Crippen molar-refractivity contribution in [2.45, 2.75) is 25.9 Å². The van der Waals surface area contributed by atoms with Gasteiger partial charge in [0.1, 0.15) is 5.75 Å². The van der Waals surface area contributed by atoms with Gasteiger partial charge in [-0.1, -0.05) is 36.4 Å². The fraction of sp³-hybridized carbons (Fsp3) is 0.333. The van der Waals surface area contributed by atoms with Crippen LogP contribution in [-0.4, -0.2) is 39.7 Å². The number of phenols is 1. The Kier molecular flexibility index (Phi) is 7.60. The van der Waals surface area contributed by atoms with Crippen molar-refractivity contribution in [1.82, 2.24) is 0 Å². The molecule has 0 aromatic heterocycles. The zero-order chi connectivity index (χ0) is 16.5. The number of benzene rings is 1. The van der Waals surface area contributed by atoms with Gasteiger partial charge >= 0.3 is 0 Å². The van der Waals surface area contributed by atoms with Gasteiger partial charge in [-0.15, -0.1) is 0 Å². The van der Waals surface area contributed by atoms with E-state index in [2.05, 4.69) is 6.58 Å². The van der Waals surface area contributed by atoms with E-state index >= 15 is 0 Å². The standard InChI is InChI=1S/C18H24O4/c1-13(11-15-4-6-16(21)7-5-15)3-8-18(22)17(9-10-19)14(2)12-20/h4-7,9,11,18-22H,2-3,8,10,12H2,1H3/b13-11+,17-9-. The molecule has 120 valence electrons. The SMILES string of the molecule is C=C(CO)/C(=C/CO)C(O)CC/C(C)=C/c1ccc(O)cc1. The number of aliphatic hydroxyl groups is 3. The second-order valence-electron chi connectivity index (χ2n) is 5.24. The van der Waals surface area contributed by atoms with Crippen molar-refractivity contribution in [2.75, 3.05) is 13.2 Å². The second kappa shape index (κ2) is 9.20. The number of hydrogen-bond donors (Lipinski definition) is 4. The summed E-state index contributed by atoms with van der Waals surface area (Å²) in [5.74, 6) is 0.228. The number of aliphatic hydroxyl groups excluding tert-OH is 3. The maximum absolute atomic E-state index is 10.2. The Labute approximate surface area is 131 Å². The quantitative estimate of drug-likeness (QED) is 0.556. The lowest BCUT2D eigenvalue weighted by Crippen LogP contribution is -2.14. The molecule has 0 saturated carbocycles. The summed E-state index contributed by atoms with van der Waals surface area (Å²) in [5, 5.41) is 37.5. The molecule has 0 amide bonds. The lowest BCUT2D eigenvalue weighted by molar-refractivity contribution is 0.197. The molecule has 0 aliphatic carbocycles. The van der Waals surface area contributed by atoms with E-state index in [1.54, 1.807) is 12.1 Å². The normalized spacial score (nSPS) is 14.0. The first kappa shape index (κ1) is 18.2. The number of aromatic hydroxyl groups is 1. The maximum Gasteiger partial charge on any atom is 0.115 e. The molecule has 0 aliphatic rings. The third-order valence-corrected chi connectivity index (χ3v) is 3.39. The fourth-order valence-corrected chi connectivity index (χ4v) is 2.15. The molecule has 0 radical (unpaired) electrons. The van der Waals surface area contributed by atoms with Crippen LogP contribution in [0.25, 0.3) is 6.08 Å². The minimum Gasteiger partial charge on any atom is -0.508 e. The Morgan fingerprint density at radius 3 is 2.41 bits per heavy atom. The van der Waals surface area contributed by atoms with Gasteiger partial charge in [0.15, 0.2) is 0 Å². The molecule has 1 atom stereocenters. The smallest absolute Gasteiger partial charge is 0.115 e. The molecule has 1 aromatic carbocycles. The Balaban J connectivity index is 2.65. The van der Waals surface area contributed by atoms with Gasteiger partial charge in [0, 0.05) is 0 Å². The van der Waals surface area contributed by atoms with E-state index < -0.39 is 6.10 Å². The number of phenolic OH excluding ortho intramolecular Hbond substituents is 1. The summed E-state index contributed by atoms with van der Waals surface area (Å²) in [6.45, 7) is 5.21. The van der Waals surface area contributed by atoms with Crippen LogP contribution in [0, 0.1) is 0 Å². The molecule has 4 heteroatoms. The molecule has 0 bridgehead atoms. The van der Waals surface area contributed by atoms with Crippen LogP contribution in [0.2, 0.25) is 0 Å². The summed E-state index contributed by atoms with van der Waals surface area (Å²) in [7, 11) is 0. The van der Waals surface area contributed by atoms with E-state index in [9.17, 15) is 10.2 Å². The van der Waals surface area contributed by atoms with Gasteiger partial charge in [-0.25, -0.2) is 0 Å². The molecular formula is C18H24O4. The van der Waals surface area contributed by atoms with E-state index in [4.69, 9.17) is 10.2 Å². The van der Waals surface area contributed by atoms with Crippen molar-refractivity contribution < 1.29 is 20.4 Å². The van der Waals surface area contributed by atoms with Gasteiger partial charge in [0.05, 0.1) is 19.3 Å². The number of rotatable bonds is 8. The molecule has 22 heavy (non-hydrogen) atoms. The molecule has 1 unspecified atom stereocenters. The van der Waals surface area contributed by atoms with Gasteiger partial charge < -0.3 is 20.4 Å². The van der Waals surface area contributed by atoms with Crippen molar-refractivity contribution in [1.29, 1.82) is 0 Å². The van der Waals surface area contributed by atoms with Crippen LogP contribution in [0.5, 0.6) is 5.75 Å². The maximum atomic E-state index is 10.2. The van der Waals surface area contributed by atoms with Gasteiger partial charge in [0.2, 0.25) is 0 Å². The zero-order valence-electron chi connectivity index (χ0n) is 12.9. The van der Waals surface area contributed by atoms with Crippen molar-refractivity contribution in [3.05, 3.63) is 59.2 Å². The minimum absolute atomic E-state index is 0.201. The molecule has 0 saturated heterocycles. The molecular weight excluding hydrogens is 280 g/mol. The first-order chi connectivity index (χ1) is 10.5. The van der Waals surface area contributed by atoms with E-state index in [0.29, 0.717) is 24.0 Å². The minimum atomic E-state index is -0.769. The highest BCUT2D eigenvalue weighted by molar-refractivity contribution is 5.53. The van der Waals surface area contributed by atoms with E-state index in [-0.39, 0.29) is 19.0 Å². The molecule has 0 heterocycles. The van der Waals surface area contributed by atoms with Crippen LogP contribution in [-0.2, 0) is 0 Å². The van der Waals surface area contributed by atoms with Crippen molar-refractivity contribution >= 4 is 6.08 Å². The summed E-state index contributed by atoms with van der Waals surface area (Å²) in [4.78, 5) is 0. The highest BCUT2D eigenvalue weighted by Crippen LogP contribution is 2.20. The molecule has 1 aromatic rings. The highest BCUT2D eigenvalue weighted by atomic mass is 16.3. The van der Waals surface area contributed by atoms with Crippen LogP contribution in [0.15, 0.2) is 53.6 Å².